The maximum absolute atomic E-state index is 2.60. The van der Waals surface area contributed by atoms with E-state index in [-0.39, 0.29) is 10.8 Å². The number of anilines is 3. The summed E-state index contributed by atoms with van der Waals surface area (Å²) in [6.07, 6.45) is 14.3. The van der Waals surface area contributed by atoms with Gasteiger partial charge in [-0.15, -0.1) is 0 Å². The Labute approximate surface area is 338 Å². The fourth-order valence-electron chi connectivity index (χ4n) is 16.5. The average Bonchev–Trinajstić information content (AvgIpc) is 3.70. The summed E-state index contributed by atoms with van der Waals surface area (Å²) in [5, 5.41) is 0. The van der Waals surface area contributed by atoms with Crippen LogP contribution in [0.5, 0.6) is 0 Å². The topological polar surface area (TPSA) is 3.24 Å². The van der Waals surface area contributed by atoms with Crippen LogP contribution < -0.4 is 4.90 Å². The molecular weight excluding hydrogens is 687 g/mol. The van der Waals surface area contributed by atoms with E-state index in [0.717, 1.165) is 47.3 Å². The van der Waals surface area contributed by atoms with E-state index in [1.54, 1.807) is 22.3 Å². The van der Waals surface area contributed by atoms with Gasteiger partial charge in [0, 0.05) is 27.9 Å². The highest BCUT2D eigenvalue weighted by molar-refractivity contribution is 5.90. The van der Waals surface area contributed by atoms with Crippen LogP contribution in [0, 0.1) is 47.3 Å². The molecule has 0 N–H and O–H groups in total. The Morgan fingerprint density at radius 2 is 0.684 bits per heavy atom. The molecule has 16 rings (SSSR count). The van der Waals surface area contributed by atoms with Crippen LogP contribution in [-0.4, -0.2) is 0 Å². The predicted molar refractivity (Wildman–Crippen MR) is 233 cm³/mol. The van der Waals surface area contributed by atoms with Crippen LogP contribution in [0.25, 0.3) is 33.4 Å². The maximum atomic E-state index is 2.60. The molecule has 280 valence electrons. The molecule has 0 aromatic heterocycles. The third-order valence-electron chi connectivity index (χ3n) is 17.8. The van der Waals surface area contributed by atoms with Crippen molar-refractivity contribution in [2.45, 2.75) is 75.0 Å². The molecule has 0 amide bonds. The van der Waals surface area contributed by atoms with Crippen molar-refractivity contribution in [2.75, 3.05) is 4.90 Å². The highest BCUT2D eigenvalue weighted by Gasteiger charge is 2.63. The number of benzene rings is 6. The Kier molecular flexibility index (Phi) is 6.43. The molecule has 10 aliphatic carbocycles. The van der Waals surface area contributed by atoms with Gasteiger partial charge >= 0.3 is 0 Å². The molecule has 2 spiro atoms. The number of hydrogen-bond acceptors (Lipinski definition) is 1. The van der Waals surface area contributed by atoms with Crippen molar-refractivity contribution in [3.05, 3.63) is 162 Å². The number of rotatable bonds is 4. The molecule has 1 heteroatoms. The summed E-state index contributed by atoms with van der Waals surface area (Å²) in [7, 11) is 0. The number of hydrogen-bond donors (Lipinski definition) is 0. The van der Waals surface area contributed by atoms with Crippen LogP contribution in [0.3, 0.4) is 0 Å². The van der Waals surface area contributed by atoms with Gasteiger partial charge in [0.15, 0.2) is 0 Å². The highest BCUT2D eigenvalue weighted by Crippen LogP contribution is 2.71. The Balaban J connectivity index is 0.950. The molecule has 0 heterocycles. The van der Waals surface area contributed by atoms with Gasteiger partial charge in [0.25, 0.3) is 0 Å². The van der Waals surface area contributed by atoms with E-state index in [1.165, 1.54) is 115 Å². The zero-order chi connectivity index (χ0) is 37.0. The smallest absolute Gasteiger partial charge is 0.0468 e. The summed E-state index contributed by atoms with van der Waals surface area (Å²) in [6, 6.07) is 54.8. The monoisotopic (exact) mass is 737 g/mol. The highest BCUT2D eigenvalue weighted by atomic mass is 15.1. The quantitative estimate of drug-likeness (QED) is 0.174. The Morgan fingerprint density at radius 3 is 1.14 bits per heavy atom. The van der Waals surface area contributed by atoms with Gasteiger partial charge in [0.1, 0.15) is 0 Å². The zero-order valence-electron chi connectivity index (χ0n) is 32.9. The number of nitrogens with zero attached hydrogens (tertiary/aromatic N) is 1. The van der Waals surface area contributed by atoms with E-state index in [1.807, 2.05) is 0 Å². The minimum atomic E-state index is 0.185. The second-order valence-electron chi connectivity index (χ2n) is 20.1. The molecule has 57 heavy (non-hydrogen) atoms. The SMILES string of the molecule is c1ccc(-c2ccc(N(c3ccc4c(c3)-c3ccccc3C43C4CC5CC(C4)CC3C5)c3ccc4c(c3)-c3ccccc3C43C4CC5CC(C4)CC3C5)cc2)cc1. The van der Waals surface area contributed by atoms with Crippen LogP contribution in [0.1, 0.15) is 86.5 Å². The Hall–Kier alpha value is -4.88. The third kappa shape index (κ3) is 4.12. The second-order valence-corrected chi connectivity index (χ2v) is 20.1. The molecule has 10 aliphatic rings. The van der Waals surface area contributed by atoms with Crippen LogP contribution in [0.4, 0.5) is 17.1 Å². The van der Waals surface area contributed by atoms with E-state index in [9.17, 15) is 0 Å². The summed E-state index contributed by atoms with van der Waals surface area (Å²) in [6.45, 7) is 0. The molecule has 8 saturated carbocycles. The predicted octanol–water partition coefficient (Wildman–Crippen LogP) is 14.3. The summed E-state index contributed by atoms with van der Waals surface area (Å²) >= 11 is 0. The van der Waals surface area contributed by atoms with Gasteiger partial charge in [0.05, 0.1) is 0 Å². The summed E-state index contributed by atoms with van der Waals surface area (Å²) in [5.74, 6) is 6.90. The molecule has 8 bridgehead atoms. The van der Waals surface area contributed by atoms with Crippen molar-refractivity contribution < 1.29 is 0 Å². The van der Waals surface area contributed by atoms with Gasteiger partial charge in [-0.25, -0.2) is 0 Å². The van der Waals surface area contributed by atoms with Crippen molar-refractivity contribution in [1.29, 1.82) is 0 Å². The molecule has 8 fully saturated rings. The summed E-state index contributed by atoms with van der Waals surface area (Å²) in [4.78, 5) is 2.59. The fourth-order valence-corrected chi connectivity index (χ4v) is 16.5. The van der Waals surface area contributed by atoms with E-state index in [4.69, 9.17) is 0 Å². The van der Waals surface area contributed by atoms with Gasteiger partial charge in [-0.2, -0.15) is 0 Å². The van der Waals surface area contributed by atoms with Crippen molar-refractivity contribution in [3.8, 4) is 33.4 Å². The summed E-state index contributed by atoms with van der Waals surface area (Å²) < 4.78 is 0. The Bertz CT molecular complexity index is 2410. The van der Waals surface area contributed by atoms with Crippen molar-refractivity contribution in [1.82, 2.24) is 0 Å². The van der Waals surface area contributed by atoms with Gasteiger partial charge in [-0.1, -0.05) is 103 Å². The van der Waals surface area contributed by atoms with Crippen LogP contribution >= 0.6 is 0 Å². The minimum Gasteiger partial charge on any atom is -0.310 e. The first-order valence-corrected chi connectivity index (χ1v) is 22.6. The lowest BCUT2D eigenvalue weighted by Gasteiger charge is -2.61. The molecule has 0 radical (unpaired) electrons. The first kappa shape index (κ1) is 32.1. The van der Waals surface area contributed by atoms with Crippen LogP contribution in [-0.2, 0) is 10.8 Å². The lowest BCUT2D eigenvalue weighted by Crippen LogP contribution is -2.55. The van der Waals surface area contributed by atoms with E-state index >= 15 is 0 Å². The molecule has 0 unspecified atom stereocenters. The zero-order valence-corrected chi connectivity index (χ0v) is 32.9. The van der Waals surface area contributed by atoms with Gasteiger partial charge in [0.2, 0.25) is 0 Å². The average molecular weight is 738 g/mol. The standard InChI is InChI=1S/C56H51N/c1-2-8-38(9-3-1)39-14-16-44(17-15-39)57(45-18-20-53-49(32-45)47-10-4-6-12-51(47)55(53)40-24-34-22-35(26-40)27-41(55)25-34)46-19-21-54-50(33-46)48-11-5-7-13-52(48)56(54)42-28-36-23-37(30-42)31-43(56)29-36/h1-21,32-37,40-43H,22-31H2. The van der Waals surface area contributed by atoms with Crippen molar-refractivity contribution in [3.63, 3.8) is 0 Å². The molecule has 6 aromatic carbocycles. The van der Waals surface area contributed by atoms with E-state index < -0.39 is 0 Å². The number of fused-ring (bicyclic) bond motifs is 6. The summed E-state index contributed by atoms with van der Waals surface area (Å²) in [5.41, 5.74) is 19.2. The largest absolute Gasteiger partial charge is 0.310 e. The van der Waals surface area contributed by atoms with Crippen molar-refractivity contribution in [2.24, 2.45) is 47.3 Å². The molecule has 0 aliphatic heterocycles. The molecular formula is C56H51N. The second kappa shape index (κ2) is 11.4. The third-order valence-corrected chi connectivity index (χ3v) is 17.8. The fraction of sp³-hybridized carbons (Fsp3) is 0.357. The normalized spacial score (nSPS) is 33.8. The van der Waals surface area contributed by atoms with E-state index in [2.05, 4.69) is 144 Å². The lowest BCUT2D eigenvalue weighted by molar-refractivity contribution is -0.0399. The van der Waals surface area contributed by atoms with Gasteiger partial charge in [-0.05, 0) is 204 Å². The van der Waals surface area contributed by atoms with Gasteiger partial charge in [-0.3, -0.25) is 0 Å². The Morgan fingerprint density at radius 1 is 0.316 bits per heavy atom. The van der Waals surface area contributed by atoms with Crippen molar-refractivity contribution >= 4 is 17.1 Å². The minimum absolute atomic E-state index is 0.185. The van der Waals surface area contributed by atoms with Crippen LogP contribution in [0.15, 0.2) is 140 Å². The molecule has 6 aromatic rings. The molecule has 1 nitrogen and oxygen atoms in total. The first-order chi connectivity index (χ1) is 28.2. The lowest BCUT2D eigenvalue weighted by atomic mass is 9.43. The van der Waals surface area contributed by atoms with Gasteiger partial charge < -0.3 is 4.90 Å². The van der Waals surface area contributed by atoms with E-state index in [0.29, 0.717) is 0 Å². The molecule has 0 saturated heterocycles. The first-order valence-electron chi connectivity index (χ1n) is 22.6. The molecule has 0 atom stereocenters. The van der Waals surface area contributed by atoms with Crippen LogP contribution in [0.2, 0.25) is 0 Å². The maximum Gasteiger partial charge on any atom is 0.0468 e.